The monoisotopic (exact) mass is 259 g/mol. The molecule has 0 heterocycles. The maximum Gasteiger partial charge on any atom is 0.414 e. The lowest BCUT2D eigenvalue weighted by atomic mass is 10.3. The highest BCUT2D eigenvalue weighted by atomic mass is 32.2. The molecule has 7 heteroatoms. The van der Waals surface area contributed by atoms with Crippen LogP contribution in [0.25, 0.3) is 0 Å². The number of halogens is 3. The first-order valence-corrected chi connectivity index (χ1v) is 5.78. The zero-order valence-corrected chi connectivity index (χ0v) is 10.5. The highest BCUT2D eigenvalue weighted by Crippen LogP contribution is 2.22. The second-order valence-corrected chi connectivity index (χ2v) is 6.10. The maximum absolute atomic E-state index is 12.0. The number of hydrogen-bond donors (Lipinski definition) is 0. The molecule has 2 atom stereocenters. The number of rotatable bonds is 4. The molecule has 0 radical (unpaired) electrons. The van der Waals surface area contributed by atoms with Gasteiger partial charge in [0, 0.05) is 0 Å². The van der Waals surface area contributed by atoms with Crippen LogP contribution >= 0.6 is 0 Å². The van der Waals surface area contributed by atoms with E-state index in [-0.39, 0.29) is 6.61 Å². The third-order valence-electron chi connectivity index (χ3n) is 1.58. The van der Waals surface area contributed by atoms with Crippen molar-refractivity contribution in [2.45, 2.75) is 44.7 Å². The predicted molar refractivity (Wildman–Crippen MR) is 57.9 cm³/mol. The summed E-state index contributed by atoms with van der Waals surface area (Å²) in [6, 6.07) is 0. The Morgan fingerprint density at radius 3 is 2.25 bits per heavy atom. The normalized spacial score (nSPS) is 17.8. The van der Waals surface area contributed by atoms with Gasteiger partial charge in [-0.2, -0.15) is 13.2 Å². The fourth-order valence-electron chi connectivity index (χ4n) is 0.538. The molecule has 0 spiro atoms. The Morgan fingerprint density at radius 2 is 1.88 bits per heavy atom. The summed E-state index contributed by atoms with van der Waals surface area (Å²) in [5.74, 6) is 0. The van der Waals surface area contributed by atoms with Gasteiger partial charge in [0.05, 0.1) is 12.8 Å². The molecule has 0 aromatic carbocycles. The first-order valence-electron chi connectivity index (χ1n) is 4.68. The second kappa shape index (κ2) is 5.88. The van der Waals surface area contributed by atoms with Crippen LogP contribution in [0, 0.1) is 0 Å². The average Bonchev–Trinajstić information content (AvgIpc) is 2.08. The van der Waals surface area contributed by atoms with Crippen LogP contribution in [0.3, 0.4) is 0 Å². The molecular weight excluding hydrogens is 243 g/mol. The Labute approximate surface area is 96.4 Å². The van der Waals surface area contributed by atoms with Crippen molar-refractivity contribution in [2.24, 2.45) is 4.40 Å². The molecule has 3 nitrogen and oxygen atoms in total. The van der Waals surface area contributed by atoms with E-state index in [1.807, 2.05) is 0 Å². The quantitative estimate of drug-likeness (QED) is 0.575. The predicted octanol–water partition coefficient (Wildman–Crippen LogP) is 2.49. The van der Waals surface area contributed by atoms with Crippen LogP contribution in [-0.2, 0) is 16.1 Å². The molecular formula is C9H16F3NO2S. The molecule has 0 aromatic rings. The largest absolute Gasteiger partial charge is 0.591 e. The molecule has 0 bridgehead atoms. The lowest BCUT2D eigenvalue weighted by Crippen LogP contribution is -2.29. The van der Waals surface area contributed by atoms with Gasteiger partial charge in [-0.3, -0.25) is 0 Å². The Kier molecular flexibility index (Phi) is 5.78. The van der Waals surface area contributed by atoms with E-state index in [9.17, 15) is 17.7 Å². The molecule has 0 fully saturated rings. The highest BCUT2D eigenvalue weighted by Gasteiger charge is 2.36. The minimum atomic E-state index is -4.38. The van der Waals surface area contributed by atoms with E-state index < -0.39 is 28.4 Å². The van der Waals surface area contributed by atoms with Crippen molar-refractivity contribution in [3.05, 3.63) is 0 Å². The lowest BCUT2D eigenvalue weighted by Gasteiger charge is -2.18. The molecule has 2 unspecified atom stereocenters. The van der Waals surface area contributed by atoms with E-state index >= 15 is 0 Å². The average molecular weight is 259 g/mol. The molecule has 0 amide bonds. The first kappa shape index (κ1) is 15.7. The van der Waals surface area contributed by atoms with Gasteiger partial charge in [0.2, 0.25) is 0 Å². The van der Waals surface area contributed by atoms with Crippen LogP contribution in [0.15, 0.2) is 4.40 Å². The molecule has 0 aliphatic heterocycles. The lowest BCUT2D eigenvalue weighted by molar-refractivity contribution is -0.209. The fraction of sp³-hybridized carbons (Fsp3) is 0.889. The van der Waals surface area contributed by atoms with E-state index in [1.165, 1.54) is 0 Å². The second-order valence-electron chi connectivity index (χ2n) is 4.17. The van der Waals surface area contributed by atoms with Crippen LogP contribution in [0.2, 0.25) is 0 Å². The molecule has 0 N–H and O–H groups in total. The van der Waals surface area contributed by atoms with E-state index in [4.69, 9.17) is 0 Å². The maximum atomic E-state index is 12.0. The van der Waals surface area contributed by atoms with Crippen LogP contribution in [0.5, 0.6) is 0 Å². The van der Waals surface area contributed by atoms with Crippen molar-refractivity contribution in [3.8, 4) is 0 Å². The van der Waals surface area contributed by atoms with Gasteiger partial charge in [0.15, 0.2) is 6.10 Å². The summed E-state index contributed by atoms with van der Waals surface area (Å²) in [6.45, 7) is 5.77. The summed E-state index contributed by atoms with van der Waals surface area (Å²) in [4.78, 5) is 0. The minimum Gasteiger partial charge on any atom is -0.591 e. The van der Waals surface area contributed by atoms with Gasteiger partial charge in [-0.25, -0.2) is 0 Å². The Hall–Kier alpha value is -0.270. The van der Waals surface area contributed by atoms with Crippen molar-refractivity contribution >= 4 is 17.6 Å². The molecule has 0 aromatic heterocycles. The SMILES string of the molecule is CC(OCC=N[S+]([O-])C(C)(C)C)C(F)(F)F. The van der Waals surface area contributed by atoms with Crippen molar-refractivity contribution < 1.29 is 22.5 Å². The van der Waals surface area contributed by atoms with E-state index in [0.29, 0.717) is 0 Å². The van der Waals surface area contributed by atoms with Crippen LogP contribution in [0.4, 0.5) is 13.2 Å². The summed E-state index contributed by atoms with van der Waals surface area (Å²) in [5.41, 5.74) is 0. The molecule has 0 aliphatic carbocycles. The summed E-state index contributed by atoms with van der Waals surface area (Å²) < 4.78 is 54.9. The van der Waals surface area contributed by atoms with E-state index in [0.717, 1.165) is 13.1 Å². The molecule has 0 saturated heterocycles. The Morgan fingerprint density at radius 1 is 1.38 bits per heavy atom. The van der Waals surface area contributed by atoms with Crippen molar-refractivity contribution in [2.75, 3.05) is 6.61 Å². The standard InChI is InChI=1S/C9H16F3NO2S/c1-7(9(10,11)12)15-6-5-13-16(14)8(2,3)4/h5,7H,6H2,1-4H3. The van der Waals surface area contributed by atoms with Crippen molar-refractivity contribution in [1.29, 1.82) is 0 Å². The Balaban J connectivity index is 3.96. The molecule has 0 aliphatic rings. The smallest absolute Gasteiger partial charge is 0.414 e. The van der Waals surface area contributed by atoms with Crippen LogP contribution in [-0.4, -0.2) is 34.4 Å². The summed E-state index contributed by atoms with van der Waals surface area (Å²) in [7, 11) is 0. The first-order chi connectivity index (χ1) is 7.05. The van der Waals surface area contributed by atoms with Gasteiger partial charge >= 0.3 is 6.18 Å². The number of nitrogens with zero attached hydrogens (tertiary/aromatic N) is 1. The molecule has 0 saturated carbocycles. The minimum absolute atomic E-state index is 0.303. The summed E-state index contributed by atoms with van der Waals surface area (Å²) in [5, 5.41) is 0. The zero-order valence-electron chi connectivity index (χ0n) is 9.67. The van der Waals surface area contributed by atoms with Crippen molar-refractivity contribution in [1.82, 2.24) is 0 Å². The summed E-state index contributed by atoms with van der Waals surface area (Å²) >= 11 is -1.46. The summed E-state index contributed by atoms with van der Waals surface area (Å²) in [6.07, 6.45) is -5.12. The van der Waals surface area contributed by atoms with Gasteiger partial charge in [0.1, 0.15) is 16.1 Å². The third-order valence-corrected chi connectivity index (χ3v) is 2.96. The molecule has 16 heavy (non-hydrogen) atoms. The fourth-order valence-corrected chi connectivity index (χ4v) is 1.05. The van der Waals surface area contributed by atoms with Gasteiger partial charge < -0.3 is 9.29 Å². The zero-order chi connectivity index (χ0) is 13.0. The van der Waals surface area contributed by atoms with Gasteiger partial charge in [-0.05, 0) is 27.7 Å². The van der Waals surface area contributed by atoms with Gasteiger partial charge in [-0.15, -0.1) is 0 Å². The number of hydrogen-bond acceptors (Lipinski definition) is 3. The Bertz CT molecular complexity index is 238. The van der Waals surface area contributed by atoms with E-state index in [1.54, 1.807) is 20.8 Å². The van der Waals surface area contributed by atoms with Crippen LogP contribution in [0.1, 0.15) is 27.7 Å². The van der Waals surface area contributed by atoms with Gasteiger partial charge in [-0.1, -0.05) is 4.40 Å². The van der Waals surface area contributed by atoms with E-state index in [2.05, 4.69) is 9.13 Å². The number of ether oxygens (including phenoxy) is 1. The van der Waals surface area contributed by atoms with Gasteiger partial charge in [0.25, 0.3) is 0 Å². The highest BCUT2D eigenvalue weighted by molar-refractivity contribution is 7.91. The molecule has 96 valence electrons. The number of alkyl halides is 3. The van der Waals surface area contributed by atoms with Crippen LogP contribution < -0.4 is 0 Å². The third kappa shape index (κ3) is 6.34. The molecule has 0 rings (SSSR count). The van der Waals surface area contributed by atoms with Crippen molar-refractivity contribution in [3.63, 3.8) is 0 Å². The topological polar surface area (TPSA) is 44.6 Å².